The molecule has 0 atom stereocenters. The van der Waals surface area contributed by atoms with Gasteiger partial charge in [0.05, 0.1) is 0 Å². The van der Waals surface area contributed by atoms with Crippen molar-refractivity contribution in [1.82, 2.24) is 14.9 Å². The number of nitrogens with one attached hydrogen (secondary N) is 1. The van der Waals surface area contributed by atoms with E-state index in [0.29, 0.717) is 24.5 Å². The van der Waals surface area contributed by atoms with Gasteiger partial charge in [0, 0.05) is 49.8 Å². The third-order valence-corrected chi connectivity index (χ3v) is 5.21. The van der Waals surface area contributed by atoms with Crippen LogP contribution in [0.2, 0.25) is 0 Å². The lowest BCUT2D eigenvalue weighted by atomic mass is 10.1. The molecule has 0 aliphatic carbocycles. The van der Waals surface area contributed by atoms with E-state index >= 15 is 0 Å². The minimum absolute atomic E-state index is 0.0416. The van der Waals surface area contributed by atoms with Crippen LogP contribution in [0.3, 0.4) is 0 Å². The van der Waals surface area contributed by atoms with E-state index in [1.54, 1.807) is 18.5 Å². The van der Waals surface area contributed by atoms with Gasteiger partial charge in [-0.25, -0.2) is 9.97 Å². The highest BCUT2D eigenvalue weighted by molar-refractivity contribution is 5.95. The highest BCUT2D eigenvalue weighted by Crippen LogP contribution is 2.21. The molecule has 1 aliphatic heterocycles. The summed E-state index contributed by atoms with van der Waals surface area (Å²) in [6.45, 7) is 5.04. The van der Waals surface area contributed by atoms with Gasteiger partial charge in [0.15, 0.2) is 0 Å². The number of aromatic nitrogens is 2. The zero-order valence-corrected chi connectivity index (χ0v) is 16.6. The quantitative estimate of drug-likeness (QED) is 0.723. The molecule has 6 heteroatoms. The molecular weight excluding hydrogens is 362 g/mol. The average molecular weight is 387 g/mol. The maximum atomic E-state index is 13.0. The standard InChI is InChI=1S/C23H25N5O/c1-2-18-7-3-4-8-20(18)26-21-17-19(10-12-24-21)23(29)28-15-13-27(14-16-28)22-9-5-6-11-25-22/h3-12,17H,2,13-16H2,1H3,(H,24,26). The Bertz CT molecular complexity index is 968. The minimum atomic E-state index is 0.0416. The van der Waals surface area contributed by atoms with Crippen molar-refractivity contribution >= 4 is 23.2 Å². The van der Waals surface area contributed by atoms with Crippen molar-refractivity contribution in [3.8, 4) is 0 Å². The number of hydrogen-bond donors (Lipinski definition) is 1. The Morgan fingerprint density at radius 2 is 1.76 bits per heavy atom. The molecule has 0 radical (unpaired) electrons. The van der Waals surface area contributed by atoms with E-state index in [-0.39, 0.29) is 5.91 Å². The first-order valence-corrected chi connectivity index (χ1v) is 10.0. The lowest BCUT2D eigenvalue weighted by Crippen LogP contribution is -2.49. The first-order chi connectivity index (χ1) is 14.2. The number of nitrogens with zero attached hydrogens (tertiary/aromatic N) is 4. The summed E-state index contributed by atoms with van der Waals surface area (Å²) in [6, 6.07) is 17.7. The van der Waals surface area contributed by atoms with Crippen LogP contribution in [0.1, 0.15) is 22.8 Å². The lowest BCUT2D eigenvalue weighted by molar-refractivity contribution is 0.0746. The first kappa shape index (κ1) is 18.9. The number of hydrogen-bond acceptors (Lipinski definition) is 5. The Labute approximate surface area is 171 Å². The van der Waals surface area contributed by atoms with Crippen LogP contribution < -0.4 is 10.2 Å². The van der Waals surface area contributed by atoms with Crippen LogP contribution in [0.15, 0.2) is 67.0 Å². The highest BCUT2D eigenvalue weighted by Gasteiger charge is 2.23. The second-order valence-electron chi connectivity index (χ2n) is 7.03. The van der Waals surface area contributed by atoms with E-state index < -0.39 is 0 Å². The molecule has 2 aromatic heterocycles. The number of carbonyl (C=O) groups is 1. The zero-order chi connectivity index (χ0) is 20.1. The number of aryl methyl sites for hydroxylation is 1. The van der Waals surface area contributed by atoms with Gasteiger partial charge in [-0.15, -0.1) is 0 Å². The van der Waals surface area contributed by atoms with Crippen LogP contribution >= 0.6 is 0 Å². The van der Waals surface area contributed by atoms with Gasteiger partial charge >= 0.3 is 0 Å². The van der Waals surface area contributed by atoms with Crippen molar-refractivity contribution in [1.29, 1.82) is 0 Å². The maximum absolute atomic E-state index is 13.0. The summed E-state index contributed by atoms with van der Waals surface area (Å²) >= 11 is 0. The third-order valence-electron chi connectivity index (χ3n) is 5.21. The second kappa shape index (κ2) is 8.73. The van der Waals surface area contributed by atoms with Gasteiger partial charge < -0.3 is 15.1 Å². The smallest absolute Gasteiger partial charge is 0.254 e. The fourth-order valence-corrected chi connectivity index (χ4v) is 3.58. The van der Waals surface area contributed by atoms with Crippen molar-refractivity contribution in [3.05, 3.63) is 78.1 Å². The Morgan fingerprint density at radius 1 is 0.966 bits per heavy atom. The van der Waals surface area contributed by atoms with E-state index in [0.717, 1.165) is 31.0 Å². The number of pyridine rings is 2. The molecule has 1 aliphatic rings. The Balaban J connectivity index is 1.43. The summed E-state index contributed by atoms with van der Waals surface area (Å²) < 4.78 is 0. The number of benzene rings is 1. The summed E-state index contributed by atoms with van der Waals surface area (Å²) in [5, 5.41) is 3.35. The number of para-hydroxylation sites is 1. The number of piperazine rings is 1. The topological polar surface area (TPSA) is 61.4 Å². The van der Waals surface area contributed by atoms with Gasteiger partial charge in [-0.2, -0.15) is 0 Å². The number of rotatable bonds is 5. The Hall–Kier alpha value is -3.41. The van der Waals surface area contributed by atoms with Crippen LogP contribution in [0.4, 0.5) is 17.3 Å². The van der Waals surface area contributed by atoms with E-state index in [2.05, 4.69) is 33.2 Å². The second-order valence-corrected chi connectivity index (χ2v) is 7.03. The van der Waals surface area contributed by atoms with Crippen molar-refractivity contribution in [2.45, 2.75) is 13.3 Å². The molecule has 1 saturated heterocycles. The van der Waals surface area contributed by atoms with Crippen molar-refractivity contribution in [2.75, 3.05) is 36.4 Å². The Morgan fingerprint density at radius 3 is 2.52 bits per heavy atom. The van der Waals surface area contributed by atoms with Crippen molar-refractivity contribution in [3.63, 3.8) is 0 Å². The molecule has 1 amide bonds. The predicted octanol–water partition coefficient (Wildman–Crippen LogP) is 3.75. The van der Waals surface area contributed by atoms with E-state index in [1.165, 1.54) is 5.56 Å². The van der Waals surface area contributed by atoms with Gasteiger partial charge in [0.1, 0.15) is 11.6 Å². The van der Waals surface area contributed by atoms with Crippen LogP contribution in [-0.2, 0) is 6.42 Å². The van der Waals surface area contributed by atoms with Crippen LogP contribution in [-0.4, -0.2) is 47.0 Å². The molecule has 3 heterocycles. The van der Waals surface area contributed by atoms with E-state index in [1.807, 2.05) is 47.4 Å². The summed E-state index contributed by atoms with van der Waals surface area (Å²) in [5.41, 5.74) is 2.90. The maximum Gasteiger partial charge on any atom is 0.254 e. The summed E-state index contributed by atoms with van der Waals surface area (Å²) in [5.74, 6) is 1.69. The molecule has 1 aromatic carbocycles. The fourth-order valence-electron chi connectivity index (χ4n) is 3.58. The van der Waals surface area contributed by atoms with Crippen LogP contribution in [0, 0.1) is 0 Å². The predicted molar refractivity (Wildman–Crippen MR) is 116 cm³/mol. The molecule has 0 spiro atoms. The molecule has 6 nitrogen and oxygen atoms in total. The number of amides is 1. The van der Waals surface area contributed by atoms with Crippen molar-refractivity contribution in [2.24, 2.45) is 0 Å². The van der Waals surface area contributed by atoms with E-state index in [4.69, 9.17) is 0 Å². The lowest BCUT2D eigenvalue weighted by Gasteiger charge is -2.35. The average Bonchev–Trinajstić information content (AvgIpc) is 2.80. The molecule has 4 rings (SSSR count). The van der Waals surface area contributed by atoms with Gasteiger partial charge in [-0.3, -0.25) is 4.79 Å². The van der Waals surface area contributed by atoms with E-state index in [9.17, 15) is 4.79 Å². The van der Waals surface area contributed by atoms with Crippen LogP contribution in [0.25, 0.3) is 0 Å². The molecule has 1 N–H and O–H groups in total. The summed E-state index contributed by atoms with van der Waals surface area (Å²) in [7, 11) is 0. The molecule has 0 unspecified atom stereocenters. The normalized spacial score (nSPS) is 14.0. The Kier molecular flexibility index (Phi) is 5.70. The molecule has 148 valence electrons. The van der Waals surface area contributed by atoms with Crippen LogP contribution in [0.5, 0.6) is 0 Å². The van der Waals surface area contributed by atoms with Gasteiger partial charge in [-0.05, 0) is 42.3 Å². The largest absolute Gasteiger partial charge is 0.353 e. The molecule has 0 bridgehead atoms. The summed E-state index contributed by atoms with van der Waals surface area (Å²) in [6.07, 6.45) is 4.42. The first-order valence-electron chi connectivity index (χ1n) is 10.0. The minimum Gasteiger partial charge on any atom is -0.353 e. The molecule has 29 heavy (non-hydrogen) atoms. The van der Waals surface area contributed by atoms with Gasteiger partial charge in [0.2, 0.25) is 0 Å². The third kappa shape index (κ3) is 4.37. The van der Waals surface area contributed by atoms with Gasteiger partial charge in [-0.1, -0.05) is 31.2 Å². The fraction of sp³-hybridized carbons (Fsp3) is 0.261. The monoisotopic (exact) mass is 387 g/mol. The zero-order valence-electron chi connectivity index (χ0n) is 16.6. The van der Waals surface area contributed by atoms with Crippen molar-refractivity contribution < 1.29 is 4.79 Å². The highest BCUT2D eigenvalue weighted by atomic mass is 16.2. The molecule has 1 fully saturated rings. The number of carbonyl (C=O) groups excluding carboxylic acids is 1. The molecule has 3 aromatic rings. The SMILES string of the molecule is CCc1ccccc1Nc1cc(C(=O)N2CCN(c3ccccn3)CC2)ccn1. The molecular formula is C23H25N5O. The number of anilines is 3. The molecule has 0 saturated carbocycles. The summed E-state index contributed by atoms with van der Waals surface area (Å²) in [4.78, 5) is 25.9. The van der Waals surface area contributed by atoms with Gasteiger partial charge in [0.25, 0.3) is 5.91 Å².